The number of carbonyl (C=O) groups excluding carboxylic acids is 3. The number of carbonyl (C=O) groups is 3. The van der Waals surface area contributed by atoms with E-state index in [0.717, 1.165) is 11.4 Å². The molecule has 0 radical (unpaired) electrons. The molecule has 0 N–H and O–H groups in total. The second kappa shape index (κ2) is 9.79. The Kier molecular flexibility index (Phi) is 6.90. The highest BCUT2D eigenvalue weighted by Crippen LogP contribution is 2.40. The van der Waals surface area contributed by atoms with E-state index in [0.29, 0.717) is 17.1 Å². The zero-order chi connectivity index (χ0) is 23.3. The number of ketones is 2. The maximum absolute atomic E-state index is 12.6. The van der Waals surface area contributed by atoms with Crippen LogP contribution >= 0.6 is 0 Å². The van der Waals surface area contributed by atoms with Crippen LogP contribution < -0.4 is 14.5 Å². The molecule has 0 atom stereocenters. The van der Waals surface area contributed by atoms with Crippen molar-refractivity contribution in [2.45, 2.75) is 13.3 Å². The van der Waals surface area contributed by atoms with E-state index >= 15 is 0 Å². The van der Waals surface area contributed by atoms with Gasteiger partial charge in [0.1, 0.15) is 23.2 Å². The lowest BCUT2D eigenvalue weighted by Gasteiger charge is -2.19. The molecule has 0 spiro atoms. The third-order valence-electron chi connectivity index (χ3n) is 5.05. The van der Waals surface area contributed by atoms with E-state index in [-0.39, 0.29) is 24.4 Å². The fraction of sp³-hybridized carbons (Fsp3) is 0.250. The molecule has 8 heteroatoms. The van der Waals surface area contributed by atoms with Gasteiger partial charge in [0.05, 0.1) is 24.4 Å². The van der Waals surface area contributed by atoms with Crippen molar-refractivity contribution in [3.8, 4) is 11.8 Å². The smallest absolute Gasteiger partial charge is 0.309 e. The van der Waals surface area contributed by atoms with Gasteiger partial charge in [-0.3, -0.25) is 14.4 Å². The van der Waals surface area contributed by atoms with Crippen molar-refractivity contribution in [3.63, 3.8) is 0 Å². The topological polar surface area (TPSA) is 99.9 Å². The molecule has 32 heavy (non-hydrogen) atoms. The number of rotatable bonds is 8. The average molecular weight is 433 g/mol. The number of benzene rings is 2. The van der Waals surface area contributed by atoms with Gasteiger partial charge in [-0.15, -0.1) is 0 Å². The van der Waals surface area contributed by atoms with Gasteiger partial charge in [-0.2, -0.15) is 5.26 Å². The first-order valence-electron chi connectivity index (χ1n) is 9.97. The normalized spacial score (nSPS) is 12.1. The van der Waals surface area contributed by atoms with E-state index in [1.807, 2.05) is 30.3 Å². The Morgan fingerprint density at radius 1 is 0.969 bits per heavy atom. The standard InChI is InChI=1S/C24H23N3O5/c1-16(28)17-8-10-18(11-9-17)31-13-12-23(30)32-15-22(29)19(14-25)24-26(2)20-6-4-5-7-21(20)27(24)3/h4-11H,12-13,15H2,1-3H3. The number of esters is 1. The van der Waals surface area contributed by atoms with Crippen molar-refractivity contribution in [2.24, 2.45) is 0 Å². The Morgan fingerprint density at radius 2 is 1.56 bits per heavy atom. The van der Waals surface area contributed by atoms with Gasteiger partial charge in [-0.25, -0.2) is 0 Å². The van der Waals surface area contributed by atoms with E-state index in [1.165, 1.54) is 6.92 Å². The SMILES string of the molecule is CC(=O)c1ccc(OCCC(=O)OCC(=O)C(C#N)=C2N(C)c3ccccc3N2C)cc1. The number of ether oxygens (including phenoxy) is 2. The van der Waals surface area contributed by atoms with Crippen LogP contribution in [0.1, 0.15) is 23.7 Å². The Bertz CT molecular complexity index is 1080. The molecule has 0 aliphatic carbocycles. The number of para-hydroxylation sites is 2. The largest absolute Gasteiger partial charge is 0.493 e. The zero-order valence-corrected chi connectivity index (χ0v) is 18.1. The van der Waals surface area contributed by atoms with Crippen molar-refractivity contribution < 1.29 is 23.9 Å². The van der Waals surface area contributed by atoms with Gasteiger partial charge in [0.15, 0.2) is 12.4 Å². The van der Waals surface area contributed by atoms with Gasteiger partial charge in [0.25, 0.3) is 0 Å². The summed E-state index contributed by atoms with van der Waals surface area (Å²) >= 11 is 0. The maximum Gasteiger partial charge on any atom is 0.309 e. The lowest BCUT2D eigenvalue weighted by atomic mass is 10.1. The summed E-state index contributed by atoms with van der Waals surface area (Å²) in [5.41, 5.74) is 2.23. The first-order valence-corrected chi connectivity index (χ1v) is 9.97. The molecule has 0 fully saturated rings. The van der Waals surface area contributed by atoms with Crippen LogP contribution in [0.25, 0.3) is 0 Å². The molecule has 0 unspecified atom stereocenters. The van der Waals surface area contributed by atoms with Gasteiger partial charge >= 0.3 is 5.97 Å². The molecule has 0 amide bonds. The summed E-state index contributed by atoms with van der Waals surface area (Å²) in [7, 11) is 3.54. The van der Waals surface area contributed by atoms with Crippen molar-refractivity contribution in [2.75, 3.05) is 37.1 Å². The van der Waals surface area contributed by atoms with Crippen LogP contribution in [0.15, 0.2) is 59.9 Å². The van der Waals surface area contributed by atoms with Crippen molar-refractivity contribution in [3.05, 3.63) is 65.5 Å². The van der Waals surface area contributed by atoms with Crippen LogP contribution in [0.5, 0.6) is 5.75 Å². The van der Waals surface area contributed by atoms with Crippen molar-refractivity contribution in [1.29, 1.82) is 5.26 Å². The molecule has 1 heterocycles. The zero-order valence-electron chi connectivity index (χ0n) is 18.1. The lowest BCUT2D eigenvalue weighted by Crippen LogP contribution is -2.28. The Hall–Kier alpha value is -4.12. The fourth-order valence-corrected chi connectivity index (χ4v) is 3.39. The minimum absolute atomic E-state index is 0.0460. The lowest BCUT2D eigenvalue weighted by molar-refractivity contribution is -0.147. The molecule has 0 bridgehead atoms. The first kappa shape index (κ1) is 22.6. The van der Waals surface area contributed by atoms with Gasteiger partial charge in [0.2, 0.25) is 5.78 Å². The molecule has 164 valence electrons. The summed E-state index contributed by atoms with van der Waals surface area (Å²) in [6.07, 6.45) is -0.0640. The summed E-state index contributed by atoms with van der Waals surface area (Å²) in [5.74, 6) is -0.287. The second-order valence-electron chi connectivity index (χ2n) is 7.18. The average Bonchev–Trinajstić information content (AvgIpc) is 3.04. The number of nitriles is 1. The van der Waals surface area contributed by atoms with Crippen LogP contribution in [0.4, 0.5) is 11.4 Å². The molecule has 2 aromatic rings. The number of hydrogen-bond acceptors (Lipinski definition) is 8. The predicted molar refractivity (Wildman–Crippen MR) is 118 cm³/mol. The van der Waals surface area contributed by atoms with Crippen LogP contribution in [-0.2, 0) is 14.3 Å². The summed E-state index contributed by atoms with van der Waals surface area (Å²) in [5, 5.41) is 9.59. The molecular formula is C24H23N3O5. The molecule has 8 nitrogen and oxygen atoms in total. The number of anilines is 2. The Balaban J connectivity index is 1.54. The highest BCUT2D eigenvalue weighted by Gasteiger charge is 2.31. The minimum atomic E-state index is -0.614. The van der Waals surface area contributed by atoms with E-state index in [9.17, 15) is 19.6 Å². The Morgan fingerprint density at radius 3 is 2.09 bits per heavy atom. The minimum Gasteiger partial charge on any atom is -0.493 e. The fourth-order valence-electron chi connectivity index (χ4n) is 3.39. The summed E-state index contributed by atoms with van der Waals surface area (Å²) in [6.45, 7) is 0.998. The molecule has 0 aromatic heterocycles. The van der Waals surface area contributed by atoms with Crippen LogP contribution in [0.2, 0.25) is 0 Å². The third kappa shape index (κ3) is 4.78. The van der Waals surface area contributed by atoms with Crippen molar-refractivity contribution >= 4 is 28.9 Å². The summed E-state index contributed by atoms with van der Waals surface area (Å²) < 4.78 is 10.5. The maximum atomic E-state index is 12.6. The number of hydrogen-bond donors (Lipinski definition) is 0. The van der Waals surface area contributed by atoms with Crippen molar-refractivity contribution in [1.82, 2.24) is 0 Å². The van der Waals surface area contributed by atoms with E-state index < -0.39 is 18.4 Å². The van der Waals surface area contributed by atoms with Crippen LogP contribution in [-0.4, -0.2) is 44.8 Å². The number of nitrogens with zero attached hydrogens (tertiary/aromatic N) is 3. The van der Waals surface area contributed by atoms with Gasteiger partial charge in [0, 0.05) is 19.7 Å². The molecule has 3 rings (SSSR count). The molecule has 2 aromatic carbocycles. The van der Waals surface area contributed by atoms with E-state index in [2.05, 4.69) is 0 Å². The van der Waals surface area contributed by atoms with Crippen LogP contribution in [0, 0.1) is 11.3 Å². The summed E-state index contributed by atoms with van der Waals surface area (Å²) in [4.78, 5) is 39.4. The number of fused-ring (bicyclic) bond motifs is 1. The molecule has 1 aliphatic heterocycles. The van der Waals surface area contributed by atoms with Gasteiger partial charge < -0.3 is 19.3 Å². The van der Waals surface area contributed by atoms with E-state index in [1.54, 1.807) is 48.2 Å². The predicted octanol–water partition coefficient (Wildman–Crippen LogP) is 3.09. The van der Waals surface area contributed by atoms with Crippen LogP contribution in [0.3, 0.4) is 0 Å². The van der Waals surface area contributed by atoms with Gasteiger partial charge in [-0.1, -0.05) is 12.1 Å². The monoisotopic (exact) mass is 433 g/mol. The highest BCUT2D eigenvalue weighted by molar-refractivity contribution is 6.03. The second-order valence-corrected chi connectivity index (χ2v) is 7.18. The Labute approximate surface area is 186 Å². The quantitative estimate of drug-likeness (QED) is 0.271. The van der Waals surface area contributed by atoms with Gasteiger partial charge in [-0.05, 0) is 43.3 Å². The molecule has 1 aliphatic rings. The molecular weight excluding hydrogens is 410 g/mol. The highest BCUT2D eigenvalue weighted by atomic mass is 16.5. The summed E-state index contributed by atoms with van der Waals surface area (Å²) in [6, 6.07) is 16.1. The molecule has 0 saturated heterocycles. The van der Waals surface area contributed by atoms with E-state index in [4.69, 9.17) is 9.47 Å². The molecule has 0 saturated carbocycles. The first-order chi connectivity index (χ1) is 15.3. The number of Topliss-reactive ketones (excluding diaryl/α,β-unsaturated/α-hetero) is 2. The third-order valence-corrected chi connectivity index (χ3v) is 5.05.